The lowest BCUT2D eigenvalue weighted by Crippen LogP contribution is -2.52. The third-order valence-electron chi connectivity index (χ3n) is 4.46. The van der Waals surface area contributed by atoms with Crippen molar-refractivity contribution in [3.05, 3.63) is 30.3 Å². The molecule has 1 aromatic rings. The van der Waals surface area contributed by atoms with Gasteiger partial charge in [-0.2, -0.15) is 0 Å². The predicted molar refractivity (Wildman–Crippen MR) is 128 cm³/mol. The van der Waals surface area contributed by atoms with Crippen molar-refractivity contribution < 1.29 is 14.3 Å². The Labute approximate surface area is 177 Å². The first-order valence-electron chi connectivity index (χ1n) is 9.60. The maximum Gasteiger partial charge on any atom is 0.248 e. The fourth-order valence-electron chi connectivity index (χ4n) is 2.55. The van der Waals surface area contributed by atoms with Crippen molar-refractivity contribution in [2.45, 2.75) is 63.7 Å². The molecule has 7 heteroatoms. The zero-order valence-corrected chi connectivity index (χ0v) is 21.3. The molecule has 0 aliphatic rings. The summed E-state index contributed by atoms with van der Waals surface area (Å²) in [6.45, 7) is 12.9. The number of unbranched alkanes of at least 4 members (excludes halogenated alkanes) is 1. The zero-order valence-electron chi connectivity index (χ0n) is 17.5. The Bertz CT molecular complexity index is 526. The summed E-state index contributed by atoms with van der Waals surface area (Å²) in [6, 6.07) is 10.6. The van der Waals surface area contributed by atoms with Crippen LogP contribution in [-0.4, -0.2) is 43.6 Å². The summed E-state index contributed by atoms with van der Waals surface area (Å²) in [5.74, 6) is 0.689. The zero-order chi connectivity index (χ0) is 20.4. The molecule has 0 amide bonds. The second kappa shape index (κ2) is 12.2. The smallest absolute Gasteiger partial charge is 0.248 e. The molecular formula is C20H37O3PS2Si. The monoisotopic (exact) mass is 448 g/mol. The van der Waals surface area contributed by atoms with E-state index in [1.807, 2.05) is 0 Å². The van der Waals surface area contributed by atoms with Gasteiger partial charge < -0.3 is 14.3 Å². The van der Waals surface area contributed by atoms with E-state index in [1.165, 1.54) is 5.19 Å². The molecule has 156 valence electrons. The van der Waals surface area contributed by atoms with Gasteiger partial charge in [0.2, 0.25) is 7.98 Å². The van der Waals surface area contributed by atoms with Crippen LogP contribution in [0.4, 0.5) is 0 Å². The number of ether oxygens (including phenoxy) is 1. The number of aliphatic hydroxyl groups excluding tert-OH is 1. The first-order chi connectivity index (χ1) is 12.6. The van der Waals surface area contributed by atoms with Crippen LogP contribution in [-0.2, 0) is 9.16 Å². The molecule has 1 rings (SSSR count). The molecule has 0 fully saturated rings. The summed E-state index contributed by atoms with van der Waals surface area (Å²) in [5.41, 5.74) is 0. The van der Waals surface area contributed by atoms with E-state index in [0.717, 1.165) is 32.5 Å². The standard InChI is InChI=1S/C20H37O3PS2Si/c1-19(2,3)27(24,18-11-7-6-8-12-18)23-16-10-9-15-22-17-25-26-20(4,5)13-14-21/h6-8,11-12,21H,9-10,13-17,24H2,1-5H3. The lowest BCUT2D eigenvalue weighted by Gasteiger charge is -2.39. The number of hydrogen-bond acceptors (Lipinski definition) is 5. The van der Waals surface area contributed by atoms with Gasteiger partial charge >= 0.3 is 0 Å². The topological polar surface area (TPSA) is 38.7 Å². The highest BCUT2D eigenvalue weighted by Crippen LogP contribution is 2.41. The summed E-state index contributed by atoms with van der Waals surface area (Å²) < 4.78 is 12.3. The van der Waals surface area contributed by atoms with E-state index >= 15 is 0 Å². The van der Waals surface area contributed by atoms with Crippen molar-refractivity contribution in [3.63, 3.8) is 0 Å². The number of rotatable bonds is 13. The first kappa shape index (κ1) is 25.5. The van der Waals surface area contributed by atoms with E-state index in [9.17, 15) is 0 Å². The van der Waals surface area contributed by atoms with Crippen molar-refractivity contribution in [1.29, 1.82) is 0 Å². The van der Waals surface area contributed by atoms with E-state index in [0.29, 0.717) is 5.94 Å². The highest BCUT2D eigenvalue weighted by molar-refractivity contribution is 8.77. The summed E-state index contributed by atoms with van der Waals surface area (Å²) in [6.07, 6.45) is 2.83. The van der Waals surface area contributed by atoms with E-state index in [4.69, 9.17) is 14.3 Å². The molecule has 0 heterocycles. The quantitative estimate of drug-likeness (QED) is 0.145. The second-order valence-electron chi connectivity index (χ2n) is 8.37. The average molecular weight is 449 g/mol. The molecule has 0 aliphatic carbocycles. The van der Waals surface area contributed by atoms with E-state index < -0.39 is 7.98 Å². The minimum atomic E-state index is -2.09. The summed E-state index contributed by atoms with van der Waals surface area (Å²) in [4.78, 5) is 0. The van der Waals surface area contributed by atoms with Gasteiger partial charge in [0.1, 0.15) is 5.94 Å². The van der Waals surface area contributed by atoms with Gasteiger partial charge in [0.05, 0.1) is 0 Å². The average Bonchev–Trinajstić information content (AvgIpc) is 2.59. The van der Waals surface area contributed by atoms with Crippen molar-refractivity contribution in [2.75, 3.05) is 25.8 Å². The van der Waals surface area contributed by atoms with Gasteiger partial charge in [0, 0.05) is 24.6 Å². The van der Waals surface area contributed by atoms with Crippen LogP contribution in [0.3, 0.4) is 0 Å². The summed E-state index contributed by atoms with van der Waals surface area (Å²) in [5, 5.41) is 10.5. The molecule has 0 spiro atoms. The van der Waals surface area contributed by atoms with Gasteiger partial charge in [-0.15, -0.1) is 8.79 Å². The Balaban J connectivity index is 2.26. The first-order valence-corrected chi connectivity index (χ1v) is 15.6. The van der Waals surface area contributed by atoms with E-state index in [2.05, 4.69) is 73.7 Å². The minimum absolute atomic E-state index is 0.0910. The predicted octanol–water partition coefficient (Wildman–Crippen LogP) is 5.32. The Kier molecular flexibility index (Phi) is 11.5. The molecule has 0 saturated carbocycles. The Morgan fingerprint density at radius 1 is 1.04 bits per heavy atom. The summed E-state index contributed by atoms with van der Waals surface area (Å²) >= 11 is 0. The van der Waals surface area contributed by atoms with Gasteiger partial charge in [-0.25, -0.2) is 0 Å². The molecule has 3 nitrogen and oxygen atoms in total. The fourth-order valence-corrected chi connectivity index (χ4v) is 8.38. The summed E-state index contributed by atoms with van der Waals surface area (Å²) in [7, 11) is 4.50. The maximum atomic E-state index is 9.04. The number of aliphatic hydroxyl groups is 1. The largest absolute Gasteiger partial charge is 0.408 e. The van der Waals surface area contributed by atoms with Crippen molar-refractivity contribution in [3.8, 4) is 0 Å². The van der Waals surface area contributed by atoms with Gasteiger partial charge in [-0.3, -0.25) is 0 Å². The molecule has 0 aromatic heterocycles. The molecule has 0 radical (unpaired) electrons. The maximum absolute atomic E-state index is 9.04. The van der Waals surface area contributed by atoms with Gasteiger partial charge in [-0.1, -0.05) is 72.7 Å². The van der Waals surface area contributed by atoms with Crippen LogP contribution in [0.25, 0.3) is 0 Å². The molecule has 2 unspecified atom stereocenters. The fraction of sp³-hybridized carbons (Fsp3) is 0.700. The number of benzene rings is 1. The Morgan fingerprint density at radius 2 is 1.67 bits per heavy atom. The third-order valence-corrected chi connectivity index (χ3v) is 15.7. The van der Waals surface area contributed by atoms with Crippen LogP contribution >= 0.6 is 30.4 Å². The van der Waals surface area contributed by atoms with Crippen LogP contribution in [0.5, 0.6) is 0 Å². The SMILES string of the molecule is CC(C)(CCO)SSCOCCCCO[Si](P)(c1ccccc1)C(C)(C)C. The normalized spacial score (nSPS) is 14.9. The van der Waals surface area contributed by atoms with Gasteiger partial charge in [-0.05, 0) is 43.3 Å². The second-order valence-corrected chi connectivity index (χ2v) is 17.6. The molecule has 27 heavy (non-hydrogen) atoms. The van der Waals surface area contributed by atoms with Crippen LogP contribution < -0.4 is 5.19 Å². The molecular weight excluding hydrogens is 411 g/mol. The molecule has 1 aromatic carbocycles. The van der Waals surface area contributed by atoms with Crippen LogP contribution in [0.1, 0.15) is 53.9 Å². The molecule has 0 saturated heterocycles. The highest BCUT2D eigenvalue weighted by Gasteiger charge is 2.44. The molecule has 2 atom stereocenters. The minimum Gasteiger partial charge on any atom is -0.408 e. The van der Waals surface area contributed by atoms with Crippen LogP contribution in [0.2, 0.25) is 5.04 Å². The van der Waals surface area contributed by atoms with E-state index in [1.54, 1.807) is 21.6 Å². The molecule has 0 bridgehead atoms. The Morgan fingerprint density at radius 3 is 2.26 bits per heavy atom. The molecule has 0 aliphatic heterocycles. The van der Waals surface area contributed by atoms with Crippen LogP contribution in [0, 0.1) is 0 Å². The van der Waals surface area contributed by atoms with Gasteiger partial charge in [0.15, 0.2) is 0 Å². The van der Waals surface area contributed by atoms with Crippen molar-refractivity contribution >= 4 is 43.5 Å². The van der Waals surface area contributed by atoms with Gasteiger partial charge in [0.25, 0.3) is 0 Å². The van der Waals surface area contributed by atoms with Crippen molar-refractivity contribution in [2.24, 2.45) is 0 Å². The molecule has 1 N–H and O–H groups in total. The lowest BCUT2D eigenvalue weighted by atomic mass is 10.1. The third kappa shape index (κ3) is 9.20. The lowest BCUT2D eigenvalue weighted by molar-refractivity contribution is 0.170. The number of hydrogen-bond donors (Lipinski definition) is 1. The van der Waals surface area contributed by atoms with Crippen molar-refractivity contribution in [1.82, 2.24) is 0 Å². The highest BCUT2D eigenvalue weighted by atomic mass is 33.1. The Hall–Kier alpha value is 0.447. The van der Waals surface area contributed by atoms with E-state index in [-0.39, 0.29) is 16.4 Å². The van der Waals surface area contributed by atoms with Crippen LogP contribution in [0.15, 0.2) is 30.3 Å².